The highest BCUT2D eigenvalue weighted by molar-refractivity contribution is 6.21. The van der Waals surface area contributed by atoms with Crippen molar-refractivity contribution in [3.63, 3.8) is 0 Å². The number of nitrogens with zero attached hydrogens (tertiary/aromatic N) is 1. The molecule has 0 amide bonds. The van der Waals surface area contributed by atoms with E-state index >= 15 is 0 Å². The minimum atomic E-state index is 0.117. The third kappa shape index (κ3) is 0.988. The fourth-order valence-corrected chi connectivity index (χ4v) is 2.15. The number of benzene rings is 1. The van der Waals surface area contributed by atoms with Crippen LogP contribution in [0.5, 0.6) is 0 Å². The van der Waals surface area contributed by atoms with Crippen molar-refractivity contribution in [1.82, 2.24) is 4.98 Å². The van der Waals surface area contributed by atoms with Crippen LogP contribution in [-0.4, -0.2) is 10.8 Å². The van der Waals surface area contributed by atoms with Gasteiger partial charge in [0.2, 0.25) is 0 Å². The zero-order valence-corrected chi connectivity index (χ0v) is 8.32. The number of fused-ring (bicyclic) bond motifs is 3. The topological polar surface area (TPSA) is 30.0 Å². The van der Waals surface area contributed by atoms with Crippen LogP contribution in [0.3, 0.4) is 0 Å². The Morgan fingerprint density at radius 3 is 2.80 bits per heavy atom. The van der Waals surface area contributed by atoms with E-state index in [2.05, 4.69) is 4.98 Å². The summed E-state index contributed by atoms with van der Waals surface area (Å²) in [7, 11) is 0. The summed E-state index contributed by atoms with van der Waals surface area (Å²) in [6.07, 6.45) is 3.43. The van der Waals surface area contributed by atoms with Gasteiger partial charge in [-0.2, -0.15) is 0 Å². The van der Waals surface area contributed by atoms with Crippen molar-refractivity contribution in [2.45, 2.75) is 6.92 Å². The Hall–Kier alpha value is -1.96. The molecule has 2 heteroatoms. The molecule has 0 N–H and O–H groups in total. The molecule has 0 bridgehead atoms. The summed E-state index contributed by atoms with van der Waals surface area (Å²) in [5, 5.41) is 0. The molecular weight excluding hydrogens is 186 g/mol. The molecule has 0 unspecified atom stereocenters. The summed E-state index contributed by atoms with van der Waals surface area (Å²) >= 11 is 0. The Morgan fingerprint density at radius 1 is 1.07 bits per heavy atom. The quantitative estimate of drug-likeness (QED) is 0.552. The highest BCUT2D eigenvalue weighted by Crippen LogP contribution is 2.37. The molecule has 15 heavy (non-hydrogen) atoms. The molecule has 1 aliphatic carbocycles. The van der Waals surface area contributed by atoms with Crippen molar-refractivity contribution in [3.05, 3.63) is 53.3 Å². The second-order valence-corrected chi connectivity index (χ2v) is 3.75. The average Bonchev–Trinajstić information content (AvgIpc) is 2.55. The van der Waals surface area contributed by atoms with Crippen LogP contribution in [0.2, 0.25) is 0 Å². The smallest absolute Gasteiger partial charge is 0.194 e. The second kappa shape index (κ2) is 2.76. The number of aromatic nitrogens is 1. The van der Waals surface area contributed by atoms with Crippen LogP contribution < -0.4 is 0 Å². The molecule has 2 aromatic rings. The van der Waals surface area contributed by atoms with Crippen LogP contribution in [0.15, 0.2) is 36.7 Å². The van der Waals surface area contributed by atoms with E-state index in [0.717, 1.165) is 27.8 Å². The number of pyridine rings is 1. The molecule has 1 aromatic heterocycles. The number of hydrogen-bond acceptors (Lipinski definition) is 2. The maximum absolute atomic E-state index is 12.0. The van der Waals surface area contributed by atoms with Crippen LogP contribution in [-0.2, 0) is 0 Å². The lowest BCUT2D eigenvalue weighted by Gasteiger charge is -2.02. The van der Waals surface area contributed by atoms with Gasteiger partial charge >= 0.3 is 0 Å². The Bertz CT molecular complexity index is 572. The van der Waals surface area contributed by atoms with Crippen LogP contribution >= 0.6 is 0 Å². The summed E-state index contributed by atoms with van der Waals surface area (Å²) in [6.45, 7) is 2.02. The van der Waals surface area contributed by atoms with Crippen LogP contribution in [0.4, 0.5) is 0 Å². The van der Waals surface area contributed by atoms with Gasteiger partial charge in [-0.05, 0) is 24.1 Å². The van der Waals surface area contributed by atoms with Crippen LogP contribution in [0.1, 0.15) is 21.5 Å². The fourth-order valence-electron chi connectivity index (χ4n) is 2.15. The van der Waals surface area contributed by atoms with Gasteiger partial charge in [0.05, 0.1) is 0 Å². The monoisotopic (exact) mass is 195 g/mol. The Kier molecular flexibility index (Phi) is 1.54. The van der Waals surface area contributed by atoms with E-state index in [0.29, 0.717) is 0 Å². The molecule has 3 rings (SSSR count). The van der Waals surface area contributed by atoms with E-state index in [1.54, 1.807) is 18.5 Å². The lowest BCUT2D eigenvalue weighted by Crippen LogP contribution is -1.94. The molecule has 72 valence electrons. The van der Waals surface area contributed by atoms with E-state index in [-0.39, 0.29) is 5.78 Å². The van der Waals surface area contributed by atoms with Gasteiger partial charge in [0.1, 0.15) is 0 Å². The van der Waals surface area contributed by atoms with Gasteiger partial charge in [0.15, 0.2) is 5.78 Å². The fraction of sp³-hybridized carbons (Fsp3) is 0.0769. The summed E-state index contributed by atoms with van der Waals surface area (Å²) in [5.74, 6) is 0.117. The number of rotatable bonds is 0. The summed E-state index contributed by atoms with van der Waals surface area (Å²) in [4.78, 5) is 16.1. The van der Waals surface area contributed by atoms with Gasteiger partial charge in [0, 0.05) is 29.1 Å². The molecule has 2 nitrogen and oxygen atoms in total. The van der Waals surface area contributed by atoms with Crippen molar-refractivity contribution < 1.29 is 4.79 Å². The first-order valence-corrected chi connectivity index (χ1v) is 4.88. The van der Waals surface area contributed by atoms with Crippen LogP contribution in [0.25, 0.3) is 11.1 Å². The number of hydrogen-bond donors (Lipinski definition) is 0. The molecule has 0 aliphatic heterocycles. The molecule has 0 atom stereocenters. The van der Waals surface area contributed by atoms with Gasteiger partial charge in [-0.3, -0.25) is 9.78 Å². The van der Waals surface area contributed by atoms with Crippen molar-refractivity contribution in [2.24, 2.45) is 0 Å². The van der Waals surface area contributed by atoms with Crippen molar-refractivity contribution in [3.8, 4) is 11.1 Å². The lowest BCUT2D eigenvalue weighted by molar-refractivity contribution is 0.104. The van der Waals surface area contributed by atoms with Gasteiger partial charge in [-0.1, -0.05) is 18.2 Å². The minimum Gasteiger partial charge on any atom is -0.289 e. The van der Waals surface area contributed by atoms with Gasteiger partial charge in [-0.25, -0.2) is 0 Å². The first-order chi connectivity index (χ1) is 7.29. The van der Waals surface area contributed by atoms with E-state index in [1.807, 2.05) is 25.1 Å². The largest absolute Gasteiger partial charge is 0.289 e. The molecular formula is C13H9NO. The maximum Gasteiger partial charge on any atom is 0.194 e. The SMILES string of the molecule is Cc1cccc2c1-c1cnccc1C2=O. The number of aryl methyl sites for hydroxylation is 1. The third-order valence-electron chi connectivity index (χ3n) is 2.85. The molecule has 0 spiro atoms. The summed E-state index contributed by atoms with van der Waals surface area (Å²) in [5.41, 5.74) is 4.72. The summed E-state index contributed by atoms with van der Waals surface area (Å²) in [6, 6.07) is 7.61. The molecule has 0 fully saturated rings. The predicted octanol–water partition coefficient (Wildman–Crippen LogP) is 2.60. The minimum absolute atomic E-state index is 0.117. The maximum atomic E-state index is 12.0. The second-order valence-electron chi connectivity index (χ2n) is 3.75. The lowest BCUT2D eigenvalue weighted by atomic mass is 10.0. The molecule has 0 radical (unpaired) electrons. The molecule has 1 aliphatic rings. The van der Waals surface area contributed by atoms with E-state index in [4.69, 9.17) is 0 Å². The van der Waals surface area contributed by atoms with Crippen molar-refractivity contribution in [1.29, 1.82) is 0 Å². The zero-order valence-electron chi connectivity index (χ0n) is 8.32. The average molecular weight is 195 g/mol. The van der Waals surface area contributed by atoms with E-state index in [1.165, 1.54) is 0 Å². The first-order valence-electron chi connectivity index (χ1n) is 4.88. The number of carbonyl (C=O) groups excluding carboxylic acids is 1. The zero-order chi connectivity index (χ0) is 10.4. The normalized spacial score (nSPS) is 12.5. The van der Waals surface area contributed by atoms with E-state index < -0.39 is 0 Å². The third-order valence-corrected chi connectivity index (χ3v) is 2.85. The Balaban J connectivity index is 2.45. The van der Waals surface area contributed by atoms with Gasteiger partial charge < -0.3 is 0 Å². The predicted molar refractivity (Wildman–Crippen MR) is 57.8 cm³/mol. The molecule has 0 saturated carbocycles. The van der Waals surface area contributed by atoms with Crippen molar-refractivity contribution in [2.75, 3.05) is 0 Å². The summed E-state index contributed by atoms with van der Waals surface area (Å²) < 4.78 is 0. The number of carbonyl (C=O) groups is 1. The molecule has 1 aromatic carbocycles. The van der Waals surface area contributed by atoms with Gasteiger partial charge in [-0.15, -0.1) is 0 Å². The molecule has 1 heterocycles. The highest BCUT2D eigenvalue weighted by Gasteiger charge is 2.27. The standard InChI is InChI=1S/C13H9NO/c1-8-3-2-4-10-12(8)11-7-14-6-5-9(11)13(10)15/h2-7H,1H3. The van der Waals surface area contributed by atoms with Crippen LogP contribution in [0, 0.1) is 6.92 Å². The highest BCUT2D eigenvalue weighted by atomic mass is 16.1. The Morgan fingerprint density at radius 2 is 1.93 bits per heavy atom. The van der Waals surface area contributed by atoms with Crippen molar-refractivity contribution >= 4 is 5.78 Å². The molecule has 0 saturated heterocycles. The first kappa shape index (κ1) is 8.36. The number of ketones is 1. The van der Waals surface area contributed by atoms with Gasteiger partial charge in [0.25, 0.3) is 0 Å². The van der Waals surface area contributed by atoms with E-state index in [9.17, 15) is 4.79 Å². The Labute approximate surface area is 87.6 Å².